The Morgan fingerprint density at radius 2 is 1.96 bits per heavy atom. The predicted octanol–water partition coefficient (Wildman–Crippen LogP) is 2.19. The largest absolute Gasteiger partial charge is 0.325 e. The molecule has 2 fully saturated rings. The van der Waals surface area contributed by atoms with E-state index in [9.17, 15) is 14.4 Å². The van der Waals surface area contributed by atoms with Gasteiger partial charge in [-0.05, 0) is 49.3 Å². The molecule has 7 nitrogen and oxygen atoms in total. The molecule has 1 saturated carbocycles. The molecular weight excluding hydrogens is 332 g/mol. The SMILES string of the molecule is CC1CCC2(CC1)NC(=O)N(CC(=O)Nc1ccc(CC#N)cc1)C2=O. The first-order valence-electron chi connectivity index (χ1n) is 8.83. The van der Waals surface area contributed by atoms with Gasteiger partial charge in [0.15, 0.2) is 0 Å². The number of nitrogens with zero attached hydrogens (tertiary/aromatic N) is 2. The summed E-state index contributed by atoms with van der Waals surface area (Å²) in [4.78, 5) is 38.2. The van der Waals surface area contributed by atoms with Crippen molar-refractivity contribution in [1.82, 2.24) is 10.2 Å². The van der Waals surface area contributed by atoms with Crippen LogP contribution in [0.4, 0.5) is 10.5 Å². The van der Waals surface area contributed by atoms with Crippen molar-refractivity contribution in [2.45, 2.75) is 44.6 Å². The average Bonchev–Trinajstić information content (AvgIpc) is 2.84. The molecule has 1 aromatic rings. The van der Waals surface area contributed by atoms with E-state index in [0.29, 0.717) is 30.9 Å². The first kappa shape index (κ1) is 17.9. The normalized spacial score (nSPS) is 25.1. The molecule has 136 valence electrons. The third kappa shape index (κ3) is 3.54. The van der Waals surface area contributed by atoms with E-state index in [2.05, 4.69) is 23.6 Å². The lowest BCUT2D eigenvalue weighted by Gasteiger charge is -2.33. The Balaban J connectivity index is 1.61. The molecule has 26 heavy (non-hydrogen) atoms. The molecule has 1 aromatic carbocycles. The summed E-state index contributed by atoms with van der Waals surface area (Å²) >= 11 is 0. The molecule has 0 unspecified atom stereocenters. The highest BCUT2D eigenvalue weighted by atomic mass is 16.2. The van der Waals surface area contributed by atoms with Gasteiger partial charge in [0.25, 0.3) is 5.91 Å². The van der Waals surface area contributed by atoms with Crippen LogP contribution in [-0.2, 0) is 16.0 Å². The number of imide groups is 1. The molecule has 1 saturated heterocycles. The number of amides is 4. The van der Waals surface area contributed by atoms with Crippen LogP contribution in [0.25, 0.3) is 0 Å². The smallest absolute Gasteiger partial charge is 0.325 e. The van der Waals surface area contributed by atoms with Crippen molar-refractivity contribution >= 4 is 23.5 Å². The molecule has 1 heterocycles. The van der Waals surface area contributed by atoms with Gasteiger partial charge in [-0.15, -0.1) is 0 Å². The van der Waals surface area contributed by atoms with E-state index < -0.39 is 17.5 Å². The molecule has 1 aliphatic carbocycles. The van der Waals surface area contributed by atoms with Crippen molar-refractivity contribution in [1.29, 1.82) is 5.26 Å². The van der Waals surface area contributed by atoms with Crippen LogP contribution >= 0.6 is 0 Å². The zero-order valence-corrected chi connectivity index (χ0v) is 14.7. The van der Waals surface area contributed by atoms with E-state index in [1.54, 1.807) is 24.3 Å². The van der Waals surface area contributed by atoms with Gasteiger partial charge in [-0.1, -0.05) is 19.1 Å². The standard InChI is InChI=1S/C19H22N4O3/c1-13-6-9-19(10-7-13)17(25)23(18(26)22-19)12-16(24)21-15-4-2-14(3-5-15)8-11-20/h2-5,13H,6-10,12H2,1H3,(H,21,24)(H,22,26). The van der Waals surface area contributed by atoms with Gasteiger partial charge in [0, 0.05) is 5.69 Å². The number of nitriles is 1. The van der Waals surface area contributed by atoms with E-state index in [4.69, 9.17) is 5.26 Å². The summed E-state index contributed by atoms with van der Waals surface area (Å²) in [6.07, 6.45) is 3.33. The average molecular weight is 354 g/mol. The molecule has 7 heteroatoms. The van der Waals surface area contributed by atoms with Crippen molar-refractivity contribution in [3.63, 3.8) is 0 Å². The van der Waals surface area contributed by atoms with Crippen LogP contribution in [0.3, 0.4) is 0 Å². The van der Waals surface area contributed by atoms with Crippen LogP contribution in [0.2, 0.25) is 0 Å². The van der Waals surface area contributed by atoms with E-state index >= 15 is 0 Å². The van der Waals surface area contributed by atoms with Crippen molar-refractivity contribution < 1.29 is 14.4 Å². The number of hydrogen-bond donors (Lipinski definition) is 2. The van der Waals surface area contributed by atoms with Gasteiger partial charge >= 0.3 is 6.03 Å². The van der Waals surface area contributed by atoms with E-state index in [1.165, 1.54) is 0 Å². The van der Waals surface area contributed by atoms with Crippen LogP contribution in [-0.4, -0.2) is 34.8 Å². The number of rotatable bonds is 4. The minimum absolute atomic E-state index is 0.297. The number of nitrogens with one attached hydrogen (secondary N) is 2. The molecule has 0 bridgehead atoms. The Bertz CT molecular complexity index is 758. The van der Waals surface area contributed by atoms with Crippen molar-refractivity contribution in [2.24, 2.45) is 5.92 Å². The Morgan fingerprint density at radius 3 is 2.58 bits per heavy atom. The Morgan fingerprint density at radius 1 is 1.31 bits per heavy atom. The van der Waals surface area contributed by atoms with Gasteiger partial charge in [-0.25, -0.2) is 4.79 Å². The highest BCUT2D eigenvalue weighted by Crippen LogP contribution is 2.36. The van der Waals surface area contributed by atoms with Gasteiger partial charge in [-0.3, -0.25) is 14.5 Å². The number of carbonyl (C=O) groups excluding carboxylic acids is 3. The van der Waals surface area contributed by atoms with Crippen LogP contribution in [0.5, 0.6) is 0 Å². The highest BCUT2D eigenvalue weighted by molar-refractivity contribution is 6.10. The molecule has 0 atom stereocenters. The number of urea groups is 1. The predicted molar refractivity (Wildman–Crippen MR) is 95.0 cm³/mol. The first-order valence-corrected chi connectivity index (χ1v) is 8.83. The van der Waals surface area contributed by atoms with Gasteiger partial charge in [-0.2, -0.15) is 5.26 Å². The maximum atomic E-state index is 12.7. The first-order chi connectivity index (χ1) is 12.4. The second-order valence-corrected chi connectivity index (χ2v) is 7.17. The lowest BCUT2D eigenvalue weighted by molar-refractivity contribution is -0.135. The fraction of sp³-hybridized carbons (Fsp3) is 0.474. The summed E-state index contributed by atoms with van der Waals surface area (Å²) in [5.74, 6) is -0.177. The van der Waals surface area contributed by atoms with Crippen LogP contribution in [0.1, 0.15) is 38.2 Å². The maximum Gasteiger partial charge on any atom is 0.325 e. The molecule has 1 aliphatic heterocycles. The molecular formula is C19H22N4O3. The molecule has 2 aliphatic rings. The summed E-state index contributed by atoms with van der Waals surface area (Å²) < 4.78 is 0. The summed E-state index contributed by atoms with van der Waals surface area (Å²) in [6, 6.07) is 8.46. The van der Waals surface area contributed by atoms with Gasteiger partial charge in [0.05, 0.1) is 12.5 Å². The Hall–Kier alpha value is -2.88. The summed E-state index contributed by atoms with van der Waals surface area (Å²) in [5, 5.41) is 14.2. The zero-order chi connectivity index (χ0) is 18.7. The number of benzene rings is 1. The second-order valence-electron chi connectivity index (χ2n) is 7.17. The number of hydrogen-bond acceptors (Lipinski definition) is 4. The van der Waals surface area contributed by atoms with Gasteiger partial charge < -0.3 is 10.6 Å². The molecule has 0 radical (unpaired) electrons. The van der Waals surface area contributed by atoms with Crippen LogP contribution < -0.4 is 10.6 Å². The highest BCUT2D eigenvalue weighted by Gasteiger charge is 2.52. The number of carbonyl (C=O) groups is 3. The minimum atomic E-state index is -0.831. The summed E-state index contributed by atoms with van der Waals surface area (Å²) in [7, 11) is 0. The lowest BCUT2D eigenvalue weighted by atomic mass is 9.77. The third-order valence-corrected chi connectivity index (χ3v) is 5.20. The van der Waals surface area contributed by atoms with Crippen molar-refractivity contribution in [3.05, 3.63) is 29.8 Å². The quantitative estimate of drug-likeness (QED) is 0.809. The van der Waals surface area contributed by atoms with E-state index in [-0.39, 0.29) is 12.5 Å². The topological polar surface area (TPSA) is 102 Å². The fourth-order valence-electron chi connectivity index (χ4n) is 3.55. The van der Waals surface area contributed by atoms with Gasteiger partial charge in [0.1, 0.15) is 12.1 Å². The molecule has 1 spiro atoms. The zero-order valence-electron chi connectivity index (χ0n) is 14.7. The lowest BCUT2D eigenvalue weighted by Crippen LogP contribution is -2.49. The van der Waals surface area contributed by atoms with E-state index in [1.807, 2.05) is 0 Å². The van der Waals surface area contributed by atoms with Crippen LogP contribution in [0.15, 0.2) is 24.3 Å². The number of anilines is 1. The summed E-state index contributed by atoms with van der Waals surface area (Å²) in [6.45, 7) is 1.84. The van der Waals surface area contributed by atoms with Crippen molar-refractivity contribution in [3.8, 4) is 6.07 Å². The van der Waals surface area contributed by atoms with Gasteiger partial charge in [0.2, 0.25) is 5.91 Å². The Labute approximate surface area is 152 Å². The maximum absolute atomic E-state index is 12.7. The fourth-order valence-corrected chi connectivity index (χ4v) is 3.55. The molecule has 2 N–H and O–H groups in total. The van der Waals surface area contributed by atoms with Crippen molar-refractivity contribution in [2.75, 3.05) is 11.9 Å². The van der Waals surface area contributed by atoms with Crippen LogP contribution in [0, 0.1) is 17.2 Å². The molecule has 4 amide bonds. The second kappa shape index (κ2) is 7.16. The summed E-state index contributed by atoms with van der Waals surface area (Å²) in [5.41, 5.74) is 0.584. The Kier molecular flexibility index (Phi) is 4.94. The molecule has 0 aromatic heterocycles. The third-order valence-electron chi connectivity index (χ3n) is 5.20. The monoisotopic (exact) mass is 354 g/mol. The van der Waals surface area contributed by atoms with E-state index in [0.717, 1.165) is 23.3 Å². The minimum Gasteiger partial charge on any atom is -0.325 e. The molecule has 3 rings (SSSR count).